The highest BCUT2D eigenvalue weighted by Crippen LogP contribution is 2.31. The lowest BCUT2D eigenvalue weighted by Crippen LogP contribution is -2.03. The van der Waals surface area contributed by atoms with Gasteiger partial charge in [0.25, 0.3) is 5.09 Å². The molecule has 0 unspecified atom stereocenters. The molecule has 0 saturated carbocycles. The molecule has 1 aromatic rings. The zero-order chi connectivity index (χ0) is 9.14. The SMILES string of the molecule is O=[N+]([O-])Oc1cccc(Cl)c1Cl. The van der Waals surface area contributed by atoms with Crippen LogP contribution in [0.25, 0.3) is 0 Å². The van der Waals surface area contributed by atoms with Gasteiger partial charge >= 0.3 is 0 Å². The van der Waals surface area contributed by atoms with Crippen LogP contribution in [0.2, 0.25) is 10.0 Å². The summed E-state index contributed by atoms with van der Waals surface area (Å²) in [4.78, 5) is 14.0. The van der Waals surface area contributed by atoms with E-state index in [2.05, 4.69) is 4.84 Å². The second kappa shape index (κ2) is 3.60. The molecule has 12 heavy (non-hydrogen) atoms. The summed E-state index contributed by atoms with van der Waals surface area (Å²) in [6.45, 7) is 0. The quantitative estimate of drug-likeness (QED) is 0.554. The molecule has 4 nitrogen and oxygen atoms in total. The fraction of sp³-hybridized carbons (Fsp3) is 0. The fourth-order valence-electron chi connectivity index (χ4n) is 0.635. The van der Waals surface area contributed by atoms with Crippen LogP contribution in [0.4, 0.5) is 0 Å². The van der Waals surface area contributed by atoms with Gasteiger partial charge in [-0.05, 0) is 12.1 Å². The standard InChI is InChI=1S/C6H3Cl2NO3/c7-4-2-1-3-5(6(4)8)12-9(10)11/h1-3H. The van der Waals surface area contributed by atoms with Gasteiger partial charge in [0, 0.05) is 0 Å². The van der Waals surface area contributed by atoms with E-state index < -0.39 is 5.09 Å². The molecule has 0 aromatic heterocycles. The molecule has 0 N–H and O–H groups in total. The van der Waals surface area contributed by atoms with Gasteiger partial charge in [-0.2, -0.15) is 0 Å². The molecule has 0 amide bonds. The van der Waals surface area contributed by atoms with E-state index in [9.17, 15) is 10.1 Å². The van der Waals surface area contributed by atoms with Crippen LogP contribution in [0.15, 0.2) is 18.2 Å². The maximum atomic E-state index is 9.91. The maximum absolute atomic E-state index is 9.91. The van der Waals surface area contributed by atoms with E-state index in [1.807, 2.05) is 0 Å². The average Bonchev–Trinajstić information content (AvgIpc) is 1.98. The molecule has 1 rings (SSSR count). The third kappa shape index (κ3) is 1.99. The zero-order valence-corrected chi connectivity index (χ0v) is 7.17. The Bertz CT molecular complexity index is 316. The van der Waals surface area contributed by atoms with Gasteiger partial charge in [0.05, 0.1) is 10.0 Å². The minimum Gasteiger partial charge on any atom is -0.275 e. The second-order valence-electron chi connectivity index (χ2n) is 1.87. The molecule has 6 heteroatoms. The molecule has 0 atom stereocenters. The van der Waals surface area contributed by atoms with E-state index >= 15 is 0 Å². The van der Waals surface area contributed by atoms with E-state index in [1.165, 1.54) is 18.2 Å². The van der Waals surface area contributed by atoms with Gasteiger partial charge in [0.2, 0.25) is 0 Å². The smallest absolute Gasteiger partial charge is 0.275 e. The van der Waals surface area contributed by atoms with E-state index in [0.29, 0.717) is 0 Å². The Morgan fingerprint density at radius 1 is 1.42 bits per heavy atom. The van der Waals surface area contributed by atoms with Crippen LogP contribution in [0.3, 0.4) is 0 Å². The van der Waals surface area contributed by atoms with Crippen LogP contribution >= 0.6 is 23.2 Å². The number of halogens is 2. The maximum Gasteiger partial charge on any atom is 0.299 e. The highest BCUT2D eigenvalue weighted by Gasteiger charge is 2.07. The van der Waals surface area contributed by atoms with Crippen molar-refractivity contribution in [1.82, 2.24) is 0 Å². The van der Waals surface area contributed by atoms with Gasteiger partial charge in [-0.15, -0.1) is 10.1 Å². The molecule has 0 aliphatic carbocycles. The molecule has 0 spiro atoms. The van der Waals surface area contributed by atoms with Gasteiger partial charge in [0.15, 0.2) is 0 Å². The molecule has 0 heterocycles. The number of nitrogens with zero attached hydrogens (tertiary/aromatic N) is 1. The van der Waals surface area contributed by atoms with E-state index in [0.717, 1.165) is 0 Å². The molecule has 0 aliphatic heterocycles. The van der Waals surface area contributed by atoms with Gasteiger partial charge in [-0.3, -0.25) is 4.84 Å². The first-order chi connectivity index (χ1) is 5.61. The Kier molecular flexibility index (Phi) is 2.73. The van der Waals surface area contributed by atoms with Crippen LogP contribution in [0.1, 0.15) is 0 Å². The lowest BCUT2D eigenvalue weighted by molar-refractivity contribution is -0.711. The van der Waals surface area contributed by atoms with Crippen LogP contribution < -0.4 is 4.84 Å². The lowest BCUT2D eigenvalue weighted by Gasteiger charge is -2.01. The summed E-state index contributed by atoms with van der Waals surface area (Å²) in [7, 11) is 0. The van der Waals surface area contributed by atoms with Crippen LogP contribution in [0.5, 0.6) is 5.75 Å². The molecule has 0 bridgehead atoms. The van der Waals surface area contributed by atoms with Crippen LogP contribution in [-0.4, -0.2) is 5.09 Å². The van der Waals surface area contributed by atoms with Crippen LogP contribution in [-0.2, 0) is 0 Å². The Morgan fingerprint density at radius 2 is 2.08 bits per heavy atom. The topological polar surface area (TPSA) is 52.4 Å². The lowest BCUT2D eigenvalue weighted by atomic mass is 10.3. The average molecular weight is 208 g/mol. The first-order valence-electron chi connectivity index (χ1n) is 2.87. The molecular formula is C6H3Cl2NO3. The van der Waals surface area contributed by atoms with Gasteiger partial charge in [-0.1, -0.05) is 29.3 Å². The van der Waals surface area contributed by atoms with Gasteiger partial charge in [-0.25, -0.2) is 0 Å². The molecule has 0 aliphatic rings. The van der Waals surface area contributed by atoms with Crippen molar-refractivity contribution in [2.75, 3.05) is 0 Å². The summed E-state index contributed by atoms with van der Waals surface area (Å²) in [5.74, 6) is -0.0610. The van der Waals surface area contributed by atoms with Crippen LogP contribution in [0, 0.1) is 10.1 Å². The number of hydrogen-bond donors (Lipinski definition) is 0. The second-order valence-corrected chi connectivity index (χ2v) is 2.65. The minimum absolute atomic E-state index is 0.0378. The molecule has 0 saturated heterocycles. The largest absolute Gasteiger partial charge is 0.299 e. The zero-order valence-electron chi connectivity index (χ0n) is 5.66. The van der Waals surface area contributed by atoms with E-state index in [1.54, 1.807) is 0 Å². The van der Waals surface area contributed by atoms with Crippen molar-refractivity contribution in [1.29, 1.82) is 0 Å². The Morgan fingerprint density at radius 3 is 2.67 bits per heavy atom. The summed E-state index contributed by atoms with van der Waals surface area (Å²) in [5.41, 5.74) is 0. The molecular weight excluding hydrogens is 205 g/mol. The third-order valence-corrected chi connectivity index (χ3v) is 1.89. The van der Waals surface area contributed by atoms with Crippen molar-refractivity contribution in [2.45, 2.75) is 0 Å². The normalized spacial score (nSPS) is 9.50. The van der Waals surface area contributed by atoms with Crippen molar-refractivity contribution >= 4 is 23.2 Å². The summed E-state index contributed by atoms with van der Waals surface area (Å²) in [5, 5.41) is 9.22. The van der Waals surface area contributed by atoms with Gasteiger partial charge in [0.1, 0.15) is 5.75 Å². The molecule has 64 valence electrons. The first-order valence-corrected chi connectivity index (χ1v) is 3.63. The summed E-state index contributed by atoms with van der Waals surface area (Å²) in [6.07, 6.45) is 0. The van der Waals surface area contributed by atoms with Gasteiger partial charge < -0.3 is 0 Å². The highest BCUT2D eigenvalue weighted by atomic mass is 35.5. The predicted molar refractivity (Wildman–Crippen MR) is 44.1 cm³/mol. The van der Waals surface area contributed by atoms with Crippen molar-refractivity contribution in [2.24, 2.45) is 0 Å². The predicted octanol–water partition coefficient (Wildman–Crippen LogP) is 2.56. The molecule has 0 radical (unpaired) electrons. The summed E-state index contributed by atoms with van der Waals surface area (Å²) < 4.78 is 0. The molecule has 0 fully saturated rings. The Labute approximate surface area is 77.8 Å². The van der Waals surface area contributed by atoms with Crippen molar-refractivity contribution in [3.8, 4) is 5.75 Å². The van der Waals surface area contributed by atoms with Crippen molar-refractivity contribution < 1.29 is 9.92 Å². The van der Waals surface area contributed by atoms with E-state index in [4.69, 9.17) is 23.2 Å². The number of benzene rings is 1. The number of hydrogen-bond acceptors (Lipinski definition) is 3. The minimum atomic E-state index is -0.947. The number of rotatable bonds is 2. The third-order valence-electron chi connectivity index (χ3n) is 1.09. The Hall–Kier alpha value is -1.000. The highest BCUT2D eigenvalue weighted by molar-refractivity contribution is 6.42. The fourth-order valence-corrected chi connectivity index (χ4v) is 0.961. The Balaban J connectivity index is 3.00. The first kappa shape index (κ1) is 9.09. The summed E-state index contributed by atoms with van der Waals surface area (Å²) >= 11 is 11.1. The monoisotopic (exact) mass is 207 g/mol. The summed E-state index contributed by atoms with van der Waals surface area (Å²) in [6, 6.07) is 4.38. The van der Waals surface area contributed by atoms with E-state index in [-0.39, 0.29) is 15.8 Å². The van der Waals surface area contributed by atoms with Crippen molar-refractivity contribution in [3.63, 3.8) is 0 Å². The van der Waals surface area contributed by atoms with Crippen molar-refractivity contribution in [3.05, 3.63) is 38.4 Å². The molecule has 1 aromatic carbocycles.